The van der Waals surface area contributed by atoms with Gasteiger partial charge in [0.15, 0.2) is 9.84 Å². The first-order chi connectivity index (χ1) is 18.3. The maximum Gasteiger partial charge on any atom is 0.408 e. The lowest BCUT2D eigenvalue weighted by atomic mass is 9.77. The van der Waals surface area contributed by atoms with E-state index in [1.807, 2.05) is 56.0 Å². The monoisotopic (exact) mass is 555 g/mol. The average molecular weight is 556 g/mol. The molecule has 8 nitrogen and oxygen atoms in total. The lowest BCUT2D eigenvalue weighted by Crippen LogP contribution is -2.45. The molecule has 2 heterocycles. The molecule has 2 aromatic carbocycles. The van der Waals surface area contributed by atoms with Crippen LogP contribution in [0.15, 0.2) is 59.5 Å². The Morgan fingerprint density at radius 2 is 1.62 bits per heavy atom. The summed E-state index contributed by atoms with van der Waals surface area (Å²) in [6.45, 7) is 9.30. The van der Waals surface area contributed by atoms with Gasteiger partial charge in [-0.15, -0.1) is 0 Å². The summed E-state index contributed by atoms with van der Waals surface area (Å²) in [7, 11) is -3.24. The molecule has 1 spiro atoms. The lowest BCUT2D eigenvalue weighted by molar-refractivity contribution is -0.138. The molecule has 212 valence electrons. The lowest BCUT2D eigenvalue weighted by Gasteiger charge is -2.38. The molecule has 1 N–H and O–H groups in total. The third-order valence-electron chi connectivity index (χ3n) is 7.77. The van der Waals surface area contributed by atoms with Gasteiger partial charge in [0.1, 0.15) is 5.60 Å². The summed E-state index contributed by atoms with van der Waals surface area (Å²) in [6, 6.07) is 16.6. The van der Waals surface area contributed by atoms with E-state index in [0.717, 1.165) is 63.0 Å². The number of ether oxygens (including phenoxy) is 1. The molecule has 2 aliphatic rings. The number of carbonyl (C=O) groups excluding carboxylic acids is 2. The highest BCUT2D eigenvalue weighted by molar-refractivity contribution is 7.90. The predicted octanol–water partition coefficient (Wildman–Crippen LogP) is 4.56. The van der Waals surface area contributed by atoms with Gasteiger partial charge in [0.2, 0.25) is 5.91 Å². The molecule has 2 saturated heterocycles. The van der Waals surface area contributed by atoms with E-state index in [-0.39, 0.29) is 17.4 Å². The molecule has 39 heavy (non-hydrogen) atoms. The number of carbonyl (C=O) groups is 2. The van der Waals surface area contributed by atoms with Crippen molar-refractivity contribution in [3.63, 3.8) is 0 Å². The van der Waals surface area contributed by atoms with E-state index >= 15 is 0 Å². The Bertz CT molecular complexity index is 1250. The molecule has 2 amide bonds. The molecular weight excluding hydrogens is 514 g/mol. The largest absolute Gasteiger partial charge is 0.444 e. The molecule has 1 atom stereocenters. The molecule has 9 heteroatoms. The van der Waals surface area contributed by atoms with E-state index in [9.17, 15) is 18.0 Å². The van der Waals surface area contributed by atoms with Gasteiger partial charge in [-0.25, -0.2) is 13.2 Å². The summed E-state index contributed by atoms with van der Waals surface area (Å²) in [5.41, 5.74) is 1.11. The number of nitrogens with zero attached hydrogens (tertiary/aromatic N) is 2. The van der Waals surface area contributed by atoms with Gasteiger partial charge in [-0.1, -0.05) is 42.5 Å². The Labute approximate surface area is 232 Å². The highest BCUT2D eigenvalue weighted by Gasteiger charge is 2.47. The Kier molecular flexibility index (Phi) is 8.71. The average Bonchev–Trinajstić information content (AvgIpc) is 3.16. The Balaban J connectivity index is 1.31. The number of hydrogen-bond acceptors (Lipinski definition) is 6. The zero-order valence-corrected chi connectivity index (χ0v) is 24.3. The number of alkyl carbamates (subject to hydrolysis) is 1. The number of likely N-dealkylation sites (tertiary alicyclic amines) is 2. The van der Waals surface area contributed by atoms with E-state index < -0.39 is 21.5 Å². The van der Waals surface area contributed by atoms with Gasteiger partial charge in [-0.3, -0.25) is 4.79 Å². The molecule has 0 unspecified atom stereocenters. The van der Waals surface area contributed by atoms with Crippen molar-refractivity contribution in [1.82, 2.24) is 15.1 Å². The molecule has 2 aromatic rings. The van der Waals surface area contributed by atoms with Crippen LogP contribution in [-0.2, 0) is 25.9 Å². The third kappa shape index (κ3) is 7.60. The molecule has 2 aliphatic heterocycles. The third-order valence-corrected chi connectivity index (χ3v) is 8.89. The van der Waals surface area contributed by atoms with Crippen LogP contribution >= 0.6 is 0 Å². The van der Waals surface area contributed by atoms with E-state index in [1.54, 1.807) is 24.3 Å². The smallest absolute Gasteiger partial charge is 0.408 e. The normalized spacial score (nSPS) is 18.8. The Morgan fingerprint density at radius 1 is 1.00 bits per heavy atom. The summed E-state index contributed by atoms with van der Waals surface area (Å²) < 4.78 is 29.0. The summed E-state index contributed by atoms with van der Waals surface area (Å²) in [6.07, 6.45) is 4.03. The van der Waals surface area contributed by atoms with Gasteiger partial charge >= 0.3 is 6.09 Å². The number of nitrogens with one attached hydrogen (secondary N) is 1. The first-order valence-electron chi connectivity index (χ1n) is 13.7. The quantitative estimate of drug-likeness (QED) is 0.513. The van der Waals surface area contributed by atoms with Gasteiger partial charge in [-0.05, 0) is 82.8 Å². The highest BCUT2D eigenvalue weighted by atomic mass is 32.2. The van der Waals surface area contributed by atoms with Crippen LogP contribution in [0.3, 0.4) is 0 Å². The van der Waals surface area contributed by atoms with Crippen molar-refractivity contribution >= 4 is 21.8 Å². The minimum Gasteiger partial charge on any atom is -0.444 e. The zero-order valence-electron chi connectivity index (χ0n) is 23.5. The van der Waals surface area contributed by atoms with Crippen LogP contribution in [0.4, 0.5) is 4.79 Å². The predicted molar refractivity (Wildman–Crippen MR) is 151 cm³/mol. The second kappa shape index (κ2) is 11.7. The van der Waals surface area contributed by atoms with Crippen LogP contribution in [0.1, 0.15) is 63.6 Å². The van der Waals surface area contributed by atoms with Crippen LogP contribution < -0.4 is 5.32 Å². The van der Waals surface area contributed by atoms with Crippen molar-refractivity contribution in [3.05, 3.63) is 65.7 Å². The van der Waals surface area contributed by atoms with Crippen molar-refractivity contribution in [3.8, 4) is 0 Å². The second-order valence-corrected chi connectivity index (χ2v) is 13.9. The molecule has 0 aromatic heterocycles. The topological polar surface area (TPSA) is 96.0 Å². The molecule has 2 fully saturated rings. The number of sulfone groups is 1. The van der Waals surface area contributed by atoms with E-state index in [4.69, 9.17) is 4.74 Å². The fourth-order valence-electron chi connectivity index (χ4n) is 5.54. The highest BCUT2D eigenvalue weighted by Crippen LogP contribution is 2.42. The van der Waals surface area contributed by atoms with Crippen LogP contribution in [0.25, 0.3) is 0 Å². The maximum atomic E-state index is 13.5. The van der Waals surface area contributed by atoms with Crippen molar-refractivity contribution < 1.29 is 22.7 Å². The Morgan fingerprint density at radius 3 is 2.21 bits per heavy atom. The van der Waals surface area contributed by atoms with Gasteiger partial charge in [-0.2, -0.15) is 0 Å². The minimum atomic E-state index is -3.24. The van der Waals surface area contributed by atoms with Crippen LogP contribution in [0, 0.1) is 5.41 Å². The van der Waals surface area contributed by atoms with Gasteiger partial charge in [0.05, 0.1) is 16.4 Å². The molecule has 0 aliphatic carbocycles. The van der Waals surface area contributed by atoms with Gasteiger partial charge in [0.25, 0.3) is 0 Å². The van der Waals surface area contributed by atoms with Crippen molar-refractivity contribution in [2.75, 3.05) is 32.4 Å². The zero-order chi connectivity index (χ0) is 28.3. The second-order valence-electron chi connectivity index (χ2n) is 11.9. The number of benzene rings is 2. The van der Waals surface area contributed by atoms with Crippen molar-refractivity contribution in [2.24, 2.45) is 5.41 Å². The standard InChI is InChI=1S/C30H41N3O5S/c1-29(2,3)38-28(35)31-26(24-8-6-5-7-9-24)14-18-32-19-15-30(16-20-32)17-21-33(27(30)34)22-23-10-12-25(13-11-23)39(4,36)37/h5-13,26H,14-22H2,1-4H3,(H,31,35)/t26-/m0/s1. The van der Waals surface area contributed by atoms with E-state index in [0.29, 0.717) is 11.4 Å². The SMILES string of the molecule is CC(C)(C)OC(=O)N[C@@H](CCN1CCC2(CC1)CCN(Cc1ccc(S(C)(=O)=O)cc1)C2=O)c1ccccc1. The maximum absolute atomic E-state index is 13.5. The number of hydrogen-bond donors (Lipinski definition) is 1. The number of rotatable bonds is 8. The van der Waals surface area contributed by atoms with Gasteiger partial charge < -0.3 is 19.9 Å². The molecule has 4 rings (SSSR count). The van der Waals surface area contributed by atoms with Crippen molar-refractivity contribution in [1.29, 1.82) is 0 Å². The summed E-state index contributed by atoms with van der Waals surface area (Å²) in [5.74, 6) is 0.211. The van der Waals surface area contributed by atoms with Crippen LogP contribution in [0.2, 0.25) is 0 Å². The molecule has 0 bridgehead atoms. The molecular formula is C30H41N3O5S. The molecule has 0 saturated carbocycles. The summed E-state index contributed by atoms with van der Waals surface area (Å²) in [4.78, 5) is 30.6. The first-order valence-corrected chi connectivity index (χ1v) is 15.6. The number of amides is 2. The fourth-order valence-corrected chi connectivity index (χ4v) is 6.17. The fraction of sp³-hybridized carbons (Fsp3) is 0.533. The van der Waals surface area contributed by atoms with E-state index in [2.05, 4.69) is 10.2 Å². The van der Waals surface area contributed by atoms with E-state index in [1.165, 1.54) is 6.26 Å². The van der Waals surface area contributed by atoms with Crippen molar-refractivity contribution in [2.45, 2.75) is 69.5 Å². The molecule has 0 radical (unpaired) electrons. The number of piperidine rings is 1. The van der Waals surface area contributed by atoms with Gasteiger partial charge in [0, 0.05) is 25.9 Å². The van der Waals surface area contributed by atoms with Crippen LogP contribution in [-0.4, -0.2) is 68.3 Å². The minimum absolute atomic E-state index is 0.158. The first kappa shape index (κ1) is 29.1. The Hall–Kier alpha value is -2.91. The summed E-state index contributed by atoms with van der Waals surface area (Å²) >= 11 is 0. The van der Waals surface area contributed by atoms with Crippen LogP contribution in [0.5, 0.6) is 0 Å². The summed E-state index contributed by atoms with van der Waals surface area (Å²) in [5, 5.41) is 3.04.